The first kappa shape index (κ1) is 16.8. The van der Waals surface area contributed by atoms with Gasteiger partial charge in [0, 0.05) is 29.9 Å². The third-order valence-corrected chi connectivity index (χ3v) is 5.07. The number of hydrogen-bond donors (Lipinski definition) is 4. The fourth-order valence-electron chi connectivity index (χ4n) is 3.06. The van der Waals surface area contributed by atoms with Crippen molar-refractivity contribution in [3.63, 3.8) is 0 Å². The van der Waals surface area contributed by atoms with Gasteiger partial charge in [0.05, 0.1) is 4.90 Å². The van der Waals surface area contributed by atoms with Crippen LogP contribution in [0.15, 0.2) is 41.4 Å². The first-order valence-electron chi connectivity index (χ1n) is 8.19. The Kier molecular flexibility index (Phi) is 4.69. The lowest BCUT2D eigenvalue weighted by molar-refractivity contribution is 0.684. The zero-order chi connectivity index (χ0) is 17.9. The van der Waals surface area contributed by atoms with Gasteiger partial charge in [-0.3, -0.25) is 0 Å². The van der Waals surface area contributed by atoms with E-state index >= 15 is 0 Å². The SMILES string of the molecule is NS(=O)c1cccc(-c2ccc(NC3CCNC3)nc2)c1-c1nn[nH]n1. The van der Waals surface area contributed by atoms with Crippen molar-refractivity contribution >= 4 is 16.8 Å². The van der Waals surface area contributed by atoms with Crippen LogP contribution in [-0.4, -0.2) is 48.9 Å². The van der Waals surface area contributed by atoms with E-state index in [0.717, 1.165) is 36.5 Å². The van der Waals surface area contributed by atoms with Crippen molar-refractivity contribution in [2.24, 2.45) is 5.14 Å². The monoisotopic (exact) mass is 370 g/mol. The van der Waals surface area contributed by atoms with Crippen molar-refractivity contribution in [3.8, 4) is 22.5 Å². The van der Waals surface area contributed by atoms with Gasteiger partial charge in [0.15, 0.2) is 0 Å². The quantitative estimate of drug-likeness (QED) is 0.519. The number of aromatic nitrogens is 5. The highest BCUT2D eigenvalue weighted by Gasteiger charge is 2.19. The Bertz CT molecular complexity index is 907. The van der Waals surface area contributed by atoms with Gasteiger partial charge in [-0.1, -0.05) is 12.1 Å². The Labute approximate surface area is 152 Å². The summed E-state index contributed by atoms with van der Waals surface area (Å²) in [6.45, 7) is 1.96. The molecular weight excluding hydrogens is 352 g/mol. The summed E-state index contributed by atoms with van der Waals surface area (Å²) < 4.78 is 12.0. The number of nitrogens with one attached hydrogen (secondary N) is 3. The molecule has 4 rings (SSSR count). The van der Waals surface area contributed by atoms with E-state index in [2.05, 4.69) is 36.2 Å². The van der Waals surface area contributed by atoms with Crippen LogP contribution in [0.1, 0.15) is 6.42 Å². The zero-order valence-corrected chi connectivity index (χ0v) is 14.7. The number of H-pyrrole nitrogens is 1. The predicted molar refractivity (Wildman–Crippen MR) is 98.3 cm³/mol. The molecule has 1 aromatic carbocycles. The van der Waals surface area contributed by atoms with Gasteiger partial charge in [0.25, 0.3) is 0 Å². The number of nitrogens with two attached hydrogens (primary N) is 1. The van der Waals surface area contributed by atoms with E-state index < -0.39 is 11.0 Å². The highest BCUT2D eigenvalue weighted by molar-refractivity contribution is 7.82. The lowest BCUT2D eigenvalue weighted by atomic mass is 10.0. The first-order chi connectivity index (χ1) is 12.7. The molecule has 10 heteroatoms. The van der Waals surface area contributed by atoms with Crippen LogP contribution in [0.3, 0.4) is 0 Å². The lowest BCUT2D eigenvalue weighted by Gasteiger charge is -2.13. The molecule has 0 spiro atoms. The molecule has 3 aromatic rings. The van der Waals surface area contributed by atoms with Gasteiger partial charge in [-0.15, -0.1) is 10.2 Å². The van der Waals surface area contributed by atoms with Gasteiger partial charge in [0.2, 0.25) is 5.82 Å². The summed E-state index contributed by atoms with van der Waals surface area (Å²) in [6, 6.07) is 9.68. The molecule has 0 radical (unpaired) electrons. The highest BCUT2D eigenvalue weighted by Crippen LogP contribution is 2.34. The Morgan fingerprint density at radius 1 is 1.27 bits per heavy atom. The summed E-state index contributed by atoms with van der Waals surface area (Å²) in [7, 11) is -1.68. The fraction of sp³-hybridized carbons (Fsp3) is 0.250. The van der Waals surface area contributed by atoms with E-state index in [9.17, 15) is 4.21 Å². The summed E-state index contributed by atoms with van der Waals surface area (Å²) in [6.07, 6.45) is 2.85. The molecule has 2 aromatic heterocycles. The van der Waals surface area contributed by atoms with E-state index in [4.69, 9.17) is 5.14 Å². The third kappa shape index (κ3) is 3.34. The van der Waals surface area contributed by atoms with Gasteiger partial charge < -0.3 is 10.6 Å². The van der Waals surface area contributed by atoms with E-state index in [0.29, 0.717) is 22.3 Å². The molecule has 0 amide bonds. The molecule has 0 bridgehead atoms. The zero-order valence-electron chi connectivity index (χ0n) is 13.8. The number of aromatic amines is 1. The second-order valence-corrected chi connectivity index (χ2v) is 7.01. The number of anilines is 1. The molecule has 1 saturated heterocycles. The third-order valence-electron chi connectivity index (χ3n) is 4.30. The molecule has 26 heavy (non-hydrogen) atoms. The van der Waals surface area contributed by atoms with Crippen LogP contribution in [-0.2, 0) is 11.0 Å². The maximum atomic E-state index is 12.0. The van der Waals surface area contributed by atoms with Gasteiger partial charge in [-0.05, 0) is 41.9 Å². The van der Waals surface area contributed by atoms with Crippen molar-refractivity contribution in [1.29, 1.82) is 0 Å². The maximum Gasteiger partial charge on any atom is 0.206 e. The van der Waals surface area contributed by atoms with Gasteiger partial charge in [-0.25, -0.2) is 14.3 Å². The molecule has 0 saturated carbocycles. The standard InChI is InChI=1S/C16H18N8OS/c17-26(25)13-3-1-2-12(15(13)16-21-23-24-22-16)10-4-5-14(19-8-10)20-11-6-7-18-9-11/h1-5,8,11,18H,6-7,9,17H2,(H,19,20)(H,21,22,23,24). The van der Waals surface area contributed by atoms with E-state index in [1.165, 1.54) is 0 Å². The molecule has 1 aliphatic rings. The van der Waals surface area contributed by atoms with Crippen LogP contribution in [0.2, 0.25) is 0 Å². The van der Waals surface area contributed by atoms with Gasteiger partial charge in [-0.2, -0.15) is 5.21 Å². The van der Waals surface area contributed by atoms with Crippen molar-refractivity contribution in [1.82, 2.24) is 30.9 Å². The number of nitrogens with zero attached hydrogens (tertiary/aromatic N) is 4. The molecule has 3 heterocycles. The van der Waals surface area contributed by atoms with Gasteiger partial charge in [0.1, 0.15) is 16.8 Å². The highest BCUT2D eigenvalue weighted by atomic mass is 32.2. The van der Waals surface area contributed by atoms with Crippen LogP contribution < -0.4 is 15.8 Å². The smallest absolute Gasteiger partial charge is 0.206 e. The number of tetrazole rings is 1. The Morgan fingerprint density at radius 2 is 2.19 bits per heavy atom. The van der Waals surface area contributed by atoms with Crippen molar-refractivity contribution in [2.45, 2.75) is 17.4 Å². The summed E-state index contributed by atoms with van der Waals surface area (Å²) in [5.41, 5.74) is 2.24. The number of hydrogen-bond acceptors (Lipinski definition) is 7. The van der Waals surface area contributed by atoms with E-state index in [1.807, 2.05) is 18.2 Å². The average molecular weight is 370 g/mol. The molecule has 0 aliphatic carbocycles. The molecule has 9 nitrogen and oxygen atoms in total. The normalized spacial score (nSPS) is 18.0. The largest absolute Gasteiger partial charge is 0.366 e. The predicted octanol–water partition coefficient (Wildman–Crippen LogP) is 0.684. The minimum absolute atomic E-state index is 0.341. The fourth-order valence-corrected chi connectivity index (χ4v) is 3.68. The summed E-state index contributed by atoms with van der Waals surface area (Å²) in [5.74, 6) is 1.16. The van der Waals surface area contributed by atoms with Crippen molar-refractivity contribution in [2.75, 3.05) is 18.4 Å². The maximum absolute atomic E-state index is 12.0. The van der Waals surface area contributed by atoms with Crippen molar-refractivity contribution < 1.29 is 4.21 Å². The molecular formula is C16H18N8OS. The summed E-state index contributed by atoms with van der Waals surface area (Å²) in [5, 5.41) is 26.4. The number of rotatable bonds is 5. The number of pyridine rings is 1. The summed E-state index contributed by atoms with van der Waals surface area (Å²) in [4.78, 5) is 4.95. The second-order valence-electron chi connectivity index (χ2n) is 5.98. The van der Waals surface area contributed by atoms with Crippen LogP contribution in [0.25, 0.3) is 22.5 Å². The number of benzene rings is 1. The lowest BCUT2D eigenvalue weighted by Crippen LogP contribution is -2.22. The first-order valence-corrected chi connectivity index (χ1v) is 9.40. The molecule has 2 unspecified atom stereocenters. The van der Waals surface area contributed by atoms with Gasteiger partial charge >= 0.3 is 0 Å². The minimum atomic E-state index is -1.68. The topological polar surface area (TPSA) is 134 Å². The second kappa shape index (κ2) is 7.28. The summed E-state index contributed by atoms with van der Waals surface area (Å²) >= 11 is 0. The van der Waals surface area contributed by atoms with Crippen LogP contribution in [0.4, 0.5) is 5.82 Å². The van der Waals surface area contributed by atoms with Crippen molar-refractivity contribution in [3.05, 3.63) is 36.5 Å². The molecule has 2 atom stereocenters. The Morgan fingerprint density at radius 3 is 2.85 bits per heavy atom. The van der Waals surface area contributed by atoms with Crippen LogP contribution in [0.5, 0.6) is 0 Å². The van der Waals surface area contributed by atoms with Crippen LogP contribution >= 0.6 is 0 Å². The average Bonchev–Trinajstić information content (AvgIpc) is 3.35. The van der Waals surface area contributed by atoms with E-state index in [1.54, 1.807) is 18.3 Å². The molecule has 1 aliphatic heterocycles. The van der Waals surface area contributed by atoms with Crippen LogP contribution in [0, 0.1) is 0 Å². The molecule has 5 N–H and O–H groups in total. The minimum Gasteiger partial charge on any atom is -0.366 e. The Balaban J connectivity index is 1.71. The van der Waals surface area contributed by atoms with E-state index in [-0.39, 0.29) is 0 Å². The molecule has 134 valence electrons. The Hall–Kier alpha value is -2.69. The molecule has 1 fully saturated rings.